The van der Waals surface area contributed by atoms with Gasteiger partial charge in [-0.15, -0.1) is 0 Å². The molecule has 1 aliphatic heterocycles. The summed E-state index contributed by atoms with van der Waals surface area (Å²) in [5.41, 5.74) is 1.14. The molecule has 0 unspecified atom stereocenters. The molecule has 0 aromatic heterocycles. The first-order chi connectivity index (χ1) is 11.8. The number of benzene rings is 1. The lowest BCUT2D eigenvalue weighted by atomic mass is 10.1. The SMILES string of the molecule is Cc1cc(Cl)c(OCCCN2CCCCC2)c(Br)c1.O=C(O)C(=O)O. The number of likely N-dealkylation sites (tertiary alicyclic amines) is 1. The fourth-order valence-corrected chi connectivity index (χ4v) is 3.60. The molecule has 0 aliphatic carbocycles. The summed E-state index contributed by atoms with van der Waals surface area (Å²) < 4.78 is 6.75. The standard InChI is InChI=1S/C15H21BrClNO.C2H2O4/c1-12-10-13(16)15(14(17)11-12)19-9-5-8-18-6-3-2-4-7-18;3-1(4)2(5)6/h10-11H,2-9H2,1H3;(H,3,4)(H,5,6). The minimum atomic E-state index is -1.82. The van der Waals surface area contributed by atoms with E-state index >= 15 is 0 Å². The third kappa shape index (κ3) is 8.56. The van der Waals surface area contributed by atoms with Crippen molar-refractivity contribution in [1.82, 2.24) is 4.90 Å². The van der Waals surface area contributed by atoms with Crippen molar-refractivity contribution < 1.29 is 24.5 Å². The highest BCUT2D eigenvalue weighted by Gasteiger charge is 2.11. The summed E-state index contributed by atoms with van der Waals surface area (Å²) in [6, 6.07) is 3.97. The summed E-state index contributed by atoms with van der Waals surface area (Å²) in [7, 11) is 0. The number of piperidine rings is 1. The lowest BCUT2D eigenvalue weighted by molar-refractivity contribution is -0.159. The van der Waals surface area contributed by atoms with Gasteiger partial charge in [-0.2, -0.15) is 0 Å². The first kappa shape index (κ1) is 21.7. The van der Waals surface area contributed by atoms with Crippen LogP contribution in [0.4, 0.5) is 0 Å². The van der Waals surface area contributed by atoms with Crippen LogP contribution in [0.5, 0.6) is 5.75 Å². The van der Waals surface area contributed by atoms with Gasteiger partial charge in [0.1, 0.15) is 0 Å². The molecule has 1 aliphatic rings. The second-order valence-electron chi connectivity index (χ2n) is 5.77. The van der Waals surface area contributed by atoms with Crippen molar-refractivity contribution in [2.45, 2.75) is 32.6 Å². The van der Waals surface area contributed by atoms with Crippen LogP contribution < -0.4 is 4.74 Å². The van der Waals surface area contributed by atoms with Crippen LogP contribution >= 0.6 is 27.5 Å². The Labute approximate surface area is 160 Å². The van der Waals surface area contributed by atoms with Gasteiger partial charge in [0.25, 0.3) is 0 Å². The number of hydrogen-bond acceptors (Lipinski definition) is 4. The van der Waals surface area contributed by atoms with Crippen LogP contribution in [-0.2, 0) is 9.59 Å². The van der Waals surface area contributed by atoms with Crippen LogP contribution in [-0.4, -0.2) is 53.3 Å². The molecule has 2 rings (SSSR count). The van der Waals surface area contributed by atoms with Gasteiger partial charge in [-0.25, -0.2) is 9.59 Å². The zero-order chi connectivity index (χ0) is 18.8. The molecule has 140 valence electrons. The summed E-state index contributed by atoms with van der Waals surface area (Å²) in [6.45, 7) is 6.36. The number of carboxylic acids is 2. The third-order valence-electron chi connectivity index (χ3n) is 3.64. The van der Waals surface area contributed by atoms with E-state index < -0.39 is 11.9 Å². The number of rotatable bonds is 5. The average Bonchev–Trinajstić information content (AvgIpc) is 2.54. The van der Waals surface area contributed by atoms with Crippen LogP contribution in [0.3, 0.4) is 0 Å². The molecule has 6 nitrogen and oxygen atoms in total. The van der Waals surface area contributed by atoms with E-state index in [1.165, 1.54) is 32.4 Å². The van der Waals surface area contributed by atoms with E-state index in [0.29, 0.717) is 5.02 Å². The molecule has 2 N–H and O–H groups in total. The number of nitrogens with zero attached hydrogens (tertiary/aromatic N) is 1. The Morgan fingerprint density at radius 2 is 1.80 bits per heavy atom. The Hall–Kier alpha value is -1.31. The van der Waals surface area contributed by atoms with E-state index in [-0.39, 0.29) is 0 Å². The second-order valence-corrected chi connectivity index (χ2v) is 7.03. The molecule has 1 fully saturated rings. The Morgan fingerprint density at radius 1 is 1.20 bits per heavy atom. The summed E-state index contributed by atoms with van der Waals surface area (Å²) in [4.78, 5) is 20.7. The largest absolute Gasteiger partial charge is 0.491 e. The number of ether oxygens (including phenoxy) is 1. The number of hydrogen-bond donors (Lipinski definition) is 2. The predicted octanol–water partition coefficient (Wildman–Crippen LogP) is 3.82. The Morgan fingerprint density at radius 3 is 2.32 bits per heavy atom. The topological polar surface area (TPSA) is 87.1 Å². The number of aliphatic carboxylic acids is 2. The summed E-state index contributed by atoms with van der Waals surface area (Å²) in [5.74, 6) is -2.88. The molecule has 25 heavy (non-hydrogen) atoms. The van der Waals surface area contributed by atoms with Crippen molar-refractivity contribution in [3.05, 3.63) is 27.2 Å². The molecular formula is C17H23BrClNO5. The van der Waals surface area contributed by atoms with Crippen molar-refractivity contribution in [3.8, 4) is 5.75 Å². The molecule has 0 saturated carbocycles. The van der Waals surface area contributed by atoms with E-state index in [0.717, 1.165) is 35.4 Å². The molecule has 0 spiro atoms. The second kappa shape index (κ2) is 11.3. The fraction of sp³-hybridized carbons (Fsp3) is 0.529. The maximum Gasteiger partial charge on any atom is 0.414 e. The number of carboxylic acid groups (broad SMARTS) is 2. The molecule has 1 saturated heterocycles. The molecule has 0 bridgehead atoms. The molecule has 8 heteroatoms. The van der Waals surface area contributed by atoms with Crippen LogP contribution in [0, 0.1) is 6.92 Å². The normalized spacial score (nSPS) is 14.4. The van der Waals surface area contributed by atoms with Gasteiger partial charge in [0.05, 0.1) is 16.1 Å². The fourth-order valence-electron chi connectivity index (χ4n) is 2.47. The highest BCUT2D eigenvalue weighted by atomic mass is 79.9. The van der Waals surface area contributed by atoms with E-state index in [1.807, 2.05) is 19.1 Å². The zero-order valence-corrected chi connectivity index (χ0v) is 16.5. The highest BCUT2D eigenvalue weighted by Crippen LogP contribution is 2.34. The molecule has 0 amide bonds. The van der Waals surface area contributed by atoms with Gasteiger partial charge in [-0.3, -0.25) is 0 Å². The van der Waals surface area contributed by atoms with Gasteiger partial charge in [0.15, 0.2) is 5.75 Å². The first-order valence-corrected chi connectivity index (χ1v) is 9.25. The third-order valence-corrected chi connectivity index (χ3v) is 4.51. The zero-order valence-electron chi connectivity index (χ0n) is 14.1. The number of aryl methyl sites for hydroxylation is 1. The minimum Gasteiger partial charge on any atom is -0.491 e. The van der Waals surface area contributed by atoms with Crippen LogP contribution in [0.1, 0.15) is 31.2 Å². The quantitative estimate of drug-likeness (QED) is 0.539. The molecule has 0 radical (unpaired) electrons. The van der Waals surface area contributed by atoms with Crippen molar-refractivity contribution in [2.24, 2.45) is 0 Å². The van der Waals surface area contributed by atoms with Gasteiger partial charge >= 0.3 is 11.9 Å². The van der Waals surface area contributed by atoms with Crippen molar-refractivity contribution in [1.29, 1.82) is 0 Å². The van der Waals surface area contributed by atoms with Crippen LogP contribution in [0.2, 0.25) is 5.02 Å². The van der Waals surface area contributed by atoms with E-state index in [2.05, 4.69) is 20.8 Å². The van der Waals surface area contributed by atoms with Crippen LogP contribution in [0.25, 0.3) is 0 Å². The van der Waals surface area contributed by atoms with Gasteiger partial charge < -0.3 is 19.8 Å². The summed E-state index contributed by atoms with van der Waals surface area (Å²) >= 11 is 9.70. The number of carbonyl (C=O) groups is 2. The van der Waals surface area contributed by atoms with Gasteiger partial charge in [0.2, 0.25) is 0 Å². The highest BCUT2D eigenvalue weighted by molar-refractivity contribution is 9.10. The van der Waals surface area contributed by atoms with Crippen molar-refractivity contribution >= 4 is 39.5 Å². The summed E-state index contributed by atoms with van der Waals surface area (Å²) in [5, 5.41) is 15.5. The van der Waals surface area contributed by atoms with E-state index in [4.69, 9.17) is 36.1 Å². The molecule has 1 aromatic rings. The maximum atomic E-state index is 9.10. The van der Waals surface area contributed by atoms with Gasteiger partial charge in [0, 0.05) is 6.54 Å². The van der Waals surface area contributed by atoms with Gasteiger partial charge in [-0.05, 0) is 72.9 Å². The molecule has 1 heterocycles. The lowest BCUT2D eigenvalue weighted by Gasteiger charge is -2.26. The molecule has 1 aromatic carbocycles. The Balaban J connectivity index is 0.000000450. The van der Waals surface area contributed by atoms with Crippen molar-refractivity contribution in [2.75, 3.05) is 26.2 Å². The first-order valence-electron chi connectivity index (χ1n) is 8.08. The smallest absolute Gasteiger partial charge is 0.414 e. The average molecular weight is 437 g/mol. The van der Waals surface area contributed by atoms with E-state index in [9.17, 15) is 0 Å². The maximum absolute atomic E-state index is 9.10. The van der Waals surface area contributed by atoms with Gasteiger partial charge in [-0.1, -0.05) is 18.0 Å². The molecule has 0 atom stereocenters. The Bertz CT molecular complexity index is 555. The summed E-state index contributed by atoms with van der Waals surface area (Å²) in [6.07, 6.45) is 5.13. The molecular weight excluding hydrogens is 414 g/mol. The monoisotopic (exact) mass is 435 g/mol. The van der Waals surface area contributed by atoms with E-state index in [1.54, 1.807) is 0 Å². The lowest BCUT2D eigenvalue weighted by Crippen LogP contribution is -2.31. The predicted molar refractivity (Wildman–Crippen MR) is 99.6 cm³/mol. The number of halogens is 2. The minimum absolute atomic E-state index is 0.685. The van der Waals surface area contributed by atoms with Crippen LogP contribution in [0.15, 0.2) is 16.6 Å². The van der Waals surface area contributed by atoms with Crippen molar-refractivity contribution in [3.63, 3.8) is 0 Å². The Kier molecular flexibility index (Phi) is 9.85.